The maximum Gasteiger partial charge on any atom is 0.245 e. The van der Waals surface area contributed by atoms with Crippen LogP contribution in [0.2, 0.25) is 0 Å². The van der Waals surface area contributed by atoms with Crippen molar-refractivity contribution in [2.24, 2.45) is 0 Å². The molecule has 0 saturated carbocycles. The molecule has 2 unspecified atom stereocenters. The summed E-state index contributed by atoms with van der Waals surface area (Å²) in [6.45, 7) is 4.76. The van der Waals surface area contributed by atoms with Crippen LogP contribution >= 0.6 is 0 Å². The van der Waals surface area contributed by atoms with E-state index in [0.717, 1.165) is 11.3 Å². The third-order valence-electron chi connectivity index (χ3n) is 3.88. The maximum absolute atomic E-state index is 12.6. The van der Waals surface area contributed by atoms with Crippen LogP contribution in [0.5, 0.6) is 0 Å². The first-order valence-corrected chi connectivity index (χ1v) is 6.52. The lowest BCUT2D eigenvalue weighted by Crippen LogP contribution is -2.59. The van der Waals surface area contributed by atoms with Crippen LogP contribution in [-0.4, -0.2) is 36.5 Å². The summed E-state index contributed by atoms with van der Waals surface area (Å²) in [5, 5.41) is 8.90. The number of hydrogen-bond acceptors (Lipinski definition) is 3. The smallest absolute Gasteiger partial charge is 0.245 e. The molecule has 2 rings (SSSR count). The molecule has 4 nitrogen and oxygen atoms in total. The number of para-hydroxylation sites is 1. The van der Waals surface area contributed by atoms with Crippen LogP contribution in [-0.2, 0) is 4.79 Å². The maximum atomic E-state index is 12.6. The quantitative estimate of drug-likeness (QED) is 0.813. The van der Waals surface area contributed by atoms with Crippen molar-refractivity contribution in [1.82, 2.24) is 4.90 Å². The van der Waals surface area contributed by atoms with E-state index in [9.17, 15) is 4.79 Å². The molecule has 1 aliphatic heterocycles. The molecular weight excluding hydrogens is 238 g/mol. The Morgan fingerprint density at radius 3 is 2.74 bits per heavy atom. The monoisotopic (exact) mass is 257 g/mol. The van der Waals surface area contributed by atoms with Crippen molar-refractivity contribution in [1.29, 1.82) is 5.26 Å². The van der Waals surface area contributed by atoms with Crippen LogP contribution < -0.4 is 4.90 Å². The minimum Gasteiger partial charge on any atom is -0.309 e. The van der Waals surface area contributed by atoms with Crippen molar-refractivity contribution < 1.29 is 4.79 Å². The average Bonchev–Trinajstić information content (AvgIpc) is 2.40. The molecule has 4 heteroatoms. The number of anilines is 1. The van der Waals surface area contributed by atoms with Gasteiger partial charge in [-0.1, -0.05) is 18.2 Å². The molecular formula is C15H19N3O. The summed E-state index contributed by atoms with van der Waals surface area (Å²) in [6, 6.07) is 9.90. The van der Waals surface area contributed by atoms with Crippen molar-refractivity contribution in [2.45, 2.75) is 32.4 Å². The highest BCUT2D eigenvalue weighted by molar-refractivity contribution is 5.98. The number of piperazine rings is 1. The summed E-state index contributed by atoms with van der Waals surface area (Å²) in [4.78, 5) is 16.4. The number of carbonyl (C=O) groups excluding carboxylic acids is 1. The number of nitriles is 1. The summed E-state index contributed by atoms with van der Waals surface area (Å²) >= 11 is 0. The Hall–Kier alpha value is -1.86. The topological polar surface area (TPSA) is 47.3 Å². The normalized spacial score (nSPS) is 24.3. The number of rotatable bonds is 2. The van der Waals surface area contributed by atoms with Gasteiger partial charge in [0.25, 0.3) is 0 Å². The molecule has 19 heavy (non-hydrogen) atoms. The van der Waals surface area contributed by atoms with Gasteiger partial charge in [0.15, 0.2) is 0 Å². The molecule has 2 atom stereocenters. The van der Waals surface area contributed by atoms with E-state index < -0.39 is 0 Å². The van der Waals surface area contributed by atoms with Gasteiger partial charge in [0.05, 0.1) is 12.5 Å². The molecule has 1 fully saturated rings. The van der Waals surface area contributed by atoms with Gasteiger partial charge in [0, 0.05) is 18.3 Å². The summed E-state index contributed by atoms with van der Waals surface area (Å²) in [7, 11) is 1.92. The van der Waals surface area contributed by atoms with Gasteiger partial charge in [0.2, 0.25) is 5.91 Å². The van der Waals surface area contributed by atoms with E-state index >= 15 is 0 Å². The molecule has 0 aromatic heterocycles. The highest BCUT2D eigenvalue weighted by atomic mass is 16.2. The van der Waals surface area contributed by atoms with E-state index in [2.05, 4.69) is 13.0 Å². The molecule has 0 bridgehead atoms. The van der Waals surface area contributed by atoms with Gasteiger partial charge in [-0.3, -0.25) is 9.69 Å². The Morgan fingerprint density at radius 2 is 2.11 bits per heavy atom. The Morgan fingerprint density at radius 1 is 1.42 bits per heavy atom. The Labute approximate surface area is 114 Å². The molecule has 0 aliphatic carbocycles. The predicted molar refractivity (Wildman–Crippen MR) is 74.8 cm³/mol. The zero-order chi connectivity index (χ0) is 14.0. The Balaban J connectivity index is 2.34. The second-order valence-corrected chi connectivity index (χ2v) is 5.13. The van der Waals surface area contributed by atoms with Crippen LogP contribution in [0.25, 0.3) is 0 Å². The van der Waals surface area contributed by atoms with Crippen LogP contribution in [0.4, 0.5) is 5.69 Å². The molecule has 1 aliphatic rings. The fraction of sp³-hybridized carbons (Fsp3) is 0.467. The number of benzene rings is 1. The lowest BCUT2D eigenvalue weighted by molar-refractivity contribution is -0.126. The molecule has 100 valence electrons. The minimum absolute atomic E-state index is 0.0245. The fourth-order valence-electron chi connectivity index (χ4n) is 2.55. The van der Waals surface area contributed by atoms with Gasteiger partial charge in [-0.2, -0.15) is 5.26 Å². The van der Waals surface area contributed by atoms with Crippen LogP contribution in [0.15, 0.2) is 24.3 Å². The van der Waals surface area contributed by atoms with Crippen molar-refractivity contribution in [3.63, 3.8) is 0 Å². The van der Waals surface area contributed by atoms with E-state index in [0.29, 0.717) is 6.54 Å². The zero-order valence-corrected chi connectivity index (χ0v) is 11.6. The zero-order valence-electron chi connectivity index (χ0n) is 11.6. The summed E-state index contributed by atoms with van der Waals surface area (Å²) in [5.41, 5.74) is 2.04. The molecule has 1 saturated heterocycles. The van der Waals surface area contributed by atoms with Crippen molar-refractivity contribution in [2.75, 3.05) is 18.5 Å². The third-order valence-corrected chi connectivity index (χ3v) is 3.88. The van der Waals surface area contributed by atoms with Crippen LogP contribution in [0.3, 0.4) is 0 Å². The number of hydrogen-bond donors (Lipinski definition) is 0. The highest BCUT2D eigenvalue weighted by Gasteiger charge is 2.37. The third kappa shape index (κ3) is 2.47. The number of carbonyl (C=O) groups is 1. The first-order chi connectivity index (χ1) is 9.06. The molecule has 1 heterocycles. The molecule has 1 amide bonds. The summed E-state index contributed by atoms with van der Waals surface area (Å²) < 4.78 is 0. The van der Waals surface area contributed by atoms with Gasteiger partial charge in [-0.15, -0.1) is 0 Å². The van der Waals surface area contributed by atoms with E-state index in [1.54, 1.807) is 0 Å². The van der Waals surface area contributed by atoms with Crippen LogP contribution in [0, 0.1) is 18.3 Å². The van der Waals surface area contributed by atoms with E-state index in [4.69, 9.17) is 5.26 Å². The van der Waals surface area contributed by atoms with Crippen LogP contribution in [0.1, 0.15) is 18.9 Å². The summed E-state index contributed by atoms with van der Waals surface area (Å²) in [6.07, 6.45) is 0.238. The standard InChI is InChI=1S/C15H19N3O/c1-11-6-4-5-7-13(11)18-10-12(2)17(3)14(8-9-16)15(18)19/h4-7,12,14H,8,10H2,1-3H3. The minimum atomic E-state index is -0.339. The molecule has 1 aromatic rings. The SMILES string of the molecule is Cc1ccccc1N1CC(C)N(C)C(CC#N)C1=O. The first-order valence-electron chi connectivity index (χ1n) is 6.52. The number of amides is 1. The van der Waals surface area contributed by atoms with Gasteiger partial charge in [-0.25, -0.2) is 0 Å². The fourth-order valence-corrected chi connectivity index (χ4v) is 2.55. The highest BCUT2D eigenvalue weighted by Crippen LogP contribution is 2.26. The second-order valence-electron chi connectivity index (χ2n) is 5.13. The Bertz CT molecular complexity index is 520. The van der Waals surface area contributed by atoms with Gasteiger partial charge < -0.3 is 4.90 Å². The summed E-state index contributed by atoms with van der Waals surface area (Å²) in [5.74, 6) is 0.0245. The van der Waals surface area contributed by atoms with Gasteiger partial charge in [0.1, 0.15) is 6.04 Å². The van der Waals surface area contributed by atoms with Crippen molar-refractivity contribution in [3.8, 4) is 6.07 Å². The van der Waals surface area contributed by atoms with Gasteiger partial charge >= 0.3 is 0 Å². The molecule has 0 radical (unpaired) electrons. The van der Waals surface area contributed by atoms with E-state index in [1.165, 1.54) is 0 Å². The van der Waals surface area contributed by atoms with Gasteiger partial charge in [-0.05, 0) is 32.5 Å². The predicted octanol–water partition coefficient (Wildman–Crippen LogP) is 1.94. The number of likely N-dealkylation sites (N-methyl/N-ethyl adjacent to an activating group) is 1. The largest absolute Gasteiger partial charge is 0.309 e. The molecule has 0 N–H and O–H groups in total. The van der Waals surface area contributed by atoms with Crippen molar-refractivity contribution >= 4 is 11.6 Å². The lowest BCUT2D eigenvalue weighted by Gasteiger charge is -2.42. The Kier molecular flexibility index (Phi) is 3.87. The average molecular weight is 257 g/mol. The molecule has 0 spiro atoms. The van der Waals surface area contributed by atoms with E-state index in [-0.39, 0.29) is 24.4 Å². The molecule has 1 aromatic carbocycles. The lowest BCUT2D eigenvalue weighted by atomic mass is 10.0. The number of nitrogens with zero attached hydrogens (tertiary/aromatic N) is 3. The second kappa shape index (κ2) is 5.41. The number of aryl methyl sites for hydroxylation is 1. The first kappa shape index (κ1) is 13.6. The van der Waals surface area contributed by atoms with Crippen molar-refractivity contribution in [3.05, 3.63) is 29.8 Å². The van der Waals surface area contributed by atoms with E-state index in [1.807, 2.05) is 48.0 Å².